The van der Waals surface area contributed by atoms with Gasteiger partial charge in [-0.05, 0) is 37.5 Å². The molecular formula is C23H39N5O3. The van der Waals surface area contributed by atoms with Crippen LogP contribution in [0.5, 0.6) is 11.5 Å². The van der Waals surface area contributed by atoms with Crippen LogP contribution in [0.25, 0.3) is 0 Å². The highest BCUT2D eigenvalue weighted by atomic mass is 16.5. The first-order chi connectivity index (χ1) is 14.8. The van der Waals surface area contributed by atoms with E-state index in [4.69, 9.17) is 14.5 Å². The molecule has 8 nitrogen and oxygen atoms in total. The van der Waals surface area contributed by atoms with Crippen molar-refractivity contribution in [2.75, 3.05) is 54.0 Å². The zero-order valence-electron chi connectivity index (χ0n) is 19.9. The molecule has 0 aliphatic carbocycles. The van der Waals surface area contributed by atoms with E-state index in [0.717, 1.165) is 55.5 Å². The fourth-order valence-electron chi connectivity index (χ4n) is 3.66. The highest BCUT2D eigenvalue weighted by Crippen LogP contribution is 2.33. The fourth-order valence-corrected chi connectivity index (χ4v) is 3.66. The van der Waals surface area contributed by atoms with Gasteiger partial charge in [-0.25, -0.2) is 0 Å². The second-order valence-electron chi connectivity index (χ2n) is 8.52. The number of hydrogen-bond acceptors (Lipinski definition) is 5. The number of ether oxygens (including phenoxy) is 2. The molecule has 0 radical (unpaired) electrons. The summed E-state index contributed by atoms with van der Waals surface area (Å²) in [7, 11) is 4.98. The van der Waals surface area contributed by atoms with Gasteiger partial charge in [0.1, 0.15) is 0 Å². The molecule has 3 N–H and O–H groups in total. The molecule has 1 aliphatic rings. The van der Waals surface area contributed by atoms with Crippen molar-refractivity contribution in [2.24, 2.45) is 4.99 Å². The lowest BCUT2D eigenvalue weighted by molar-refractivity contribution is -0.122. The van der Waals surface area contributed by atoms with Gasteiger partial charge in [0, 0.05) is 38.1 Å². The van der Waals surface area contributed by atoms with Crippen molar-refractivity contribution in [3.63, 3.8) is 0 Å². The summed E-state index contributed by atoms with van der Waals surface area (Å²) >= 11 is 0. The van der Waals surface area contributed by atoms with Crippen LogP contribution in [0.3, 0.4) is 0 Å². The molecule has 0 atom stereocenters. The standard InChI is InChI=1S/C23H39N5O3/c1-7-25-22(27-18-10-12-28(13-11-18)15-21(29)24-4)26-16-23(2,3)17-8-9-19(30-5)20(14-17)31-6/h8-9,14,18H,7,10-13,15-16H2,1-6H3,(H,24,29)(H2,25,26,27). The van der Waals surface area contributed by atoms with Gasteiger partial charge in [-0.1, -0.05) is 19.9 Å². The van der Waals surface area contributed by atoms with Crippen LogP contribution >= 0.6 is 0 Å². The Hall–Kier alpha value is -2.48. The summed E-state index contributed by atoms with van der Waals surface area (Å²) < 4.78 is 10.8. The van der Waals surface area contributed by atoms with Crippen molar-refractivity contribution in [1.29, 1.82) is 0 Å². The number of carbonyl (C=O) groups excluding carboxylic acids is 1. The number of piperidine rings is 1. The third kappa shape index (κ3) is 7.31. The van der Waals surface area contributed by atoms with Crippen LogP contribution in [0.4, 0.5) is 0 Å². The van der Waals surface area contributed by atoms with Gasteiger partial charge in [-0.15, -0.1) is 0 Å². The molecule has 1 fully saturated rings. The Morgan fingerprint density at radius 1 is 1.19 bits per heavy atom. The summed E-state index contributed by atoms with van der Waals surface area (Å²) in [6.07, 6.45) is 1.97. The second-order valence-corrected chi connectivity index (χ2v) is 8.52. The average Bonchev–Trinajstić information content (AvgIpc) is 2.78. The first-order valence-electron chi connectivity index (χ1n) is 11.0. The van der Waals surface area contributed by atoms with Crippen molar-refractivity contribution in [2.45, 2.75) is 45.1 Å². The average molecular weight is 434 g/mol. The maximum absolute atomic E-state index is 11.6. The zero-order valence-corrected chi connectivity index (χ0v) is 19.9. The minimum atomic E-state index is -0.168. The number of likely N-dealkylation sites (tertiary alicyclic amines) is 1. The first kappa shape index (κ1) is 24.8. The lowest BCUT2D eigenvalue weighted by Crippen LogP contribution is -2.50. The molecule has 1 aromatic carbocycles. The van der Waals surface area contributed by atoms with Crippen LogP contribution in [0.15, 0.2) is 23.2 Å². The number of rotatable bonds is 9. The zero-order chi connectivity index (χ0) is 22.9. The highest BCUT2D eigenvalue weighted by molar-refractivity contribution is 5.80. The third-order valence-electron chi connectivity index (χ3n) is 5.72. The van der Waals surface area contributed by atoms with Gasteiger partial charge in [-0.3, -0.25) is 14.7 Å². The van der Waals surface area contributed by atoms with Gasteiger partial charge in [0.25, 0.3) is 0 Å². The van der Waals surface area contributed by atoms with E-state index < -0.39 is 0 Å². The number of nitrogens with zero attached hydrogens (tertiary/aromatic N) is 2. The van der Waals surface area contributed by atoms with Crippen LogP contribution in [0, 0.1) is 0 Å². The van der Waals surface area contributed by atoms with Crippen LogP contribution < -0.4 is 25.4 Å². The normalized spacial score (nSPS) is 16.0. The quantitative estimate of drug-likeness (QED) is 0.406. The number of aliphatic imine (C=N–C) groups is 1. The molecule has 1 aromatic rings. The van der Waals surface area contributed by atoms with E-state index in [2.05, 4.69) is 47.7 Å². The van der Waals surface area contributed by atoms with Gasteiger partial charge >= 0.3 is 0 Å². The number of nitrogens with one attached hydrogen (secondary N) is 3. The summed E-state index contributed by atoms with van der Waals surface area (Å²) in [5, 5.41) is 9.63. The molecule has 1 aliphatic heterocycles. The lowest BCUT2D eigenvalue weighted by Gasteiger charge is -2.32. The van der Waals surface area contributed by atoms with E-state index in [1.54, 1.807) is 21.3 Å². The maximum Gasteiger partial charge on any atom is 0.233 e. The fraction of sp³-hybridized carbons (Fsp3) is 0.652. The molecule has 31 heavy (non-hydrogen) atoms. The van der Waals surface area contributed by atoms with Crippen LogP contribution in [-0.4, -0.2) is 76.8 Å². The van der Waals surface area contributed by atoms with Gasteiger partial charge in [-0.2, -0.15) is 0 Å². The Balaban J connectivity index is 2.00. The number of hydrogen-bond donors (Lipinski definition) is 3. The molecule has 0 spiro atoms. The Bertz CT molecular complexity index is 743. The largest absolute Gasteiger partial charge is 0.493 e. The van der Waals surface area contributed by atoms with Crippen molar-refractivity contribution < 1.29 is 14.3 Å². The predicted molar refractivity (Wildman–Crippen MR) is 125 cm³/mol. The number of methoxy groups -OCH3 is 2. The maximum atomic E-state index is 11.6. The summed E-state index contributed by atoms with van der Waals surface area (Å²) in [4.78, 5) is 18.7. The van der Waals surface area contributed by atoms with Gasteiger partial charge in [0.15, 0.2) is 17.5 Å². The molecule has 1 heterocycles. The third-order valence-corrected chi connectivity index (χ3v) is 5.72. The first-order valence-corrected chi connectivity index (χ1v) is 11.0. The molecule has 2 rings (SSSR count). The van der Waals surface area contributed by atoms with E-state index in [-0.39, 0.29) is 11.3 Å². The SMILES string of the molecule is CCNC(=NCC(C)(C)c1ccc(OC)c(OC)c1)NC1CCN(CC(=O)NC)CC1. The molecular weight excluding hydrogens is 394 g/mol. The Labute approximate surface area is 186 Å². The van der Waals surface area contributed by atoms with Crippen LogP contribution in [-0.2, 0) is 10.2 Å². The van der Waals surface area contributed by atoms with Crippen LogP contribution in [0.2, 0.25) is 0 Å². The Morgan fingerprint density at radius 2 is 1.87 bits per heavy atom. The van der Waals surface area contributed by atoms with E-state index in [1.165, 1.54) is 0 Å². The molecule has 174 valence electrons. The van der Waals surface area contributed by atoms with E-state index >= 15 is 0 Å². The number of amides is 1. The van der Waals surface area contributed by atoms with Gasteiger partial charge in [0.05, 0.1) is 27.3 Å². The minimum Gasteiger partial charge on any atom is -0.493 e. The molecule has 0 bridgehead atoms. The lowest BCUT2D eigenvalue weighted by atomic mass is 9.84. The predicted octanol–water partition coefficient (Wildman–Crippen LogP) is 1.75. The van der Waals surface area contributed by atoms with E-state index in [9.17, 15) is 4.79 Å². The summed E-state index contributed by atoms with van der Waals surface area (Å²) in [5.74, 6) is 2.36. The molecule has 1 amide bonds. The Morgan fingerprint density at radius 3 is 2.45 bits per heavy atom. The van der Waals surface area contributed by atoms with E-state index in [1.807, 2.05) is 12.1 Å². The molecule has 0 unspecified atom stereocenters. The summed E-state index contributed by atoms with van der Waals surface area (Å²) in [5.41, 5.74) is 0.978. The summed E-state index contributed by atoms with van der Waals surface area (Å²) in [6.45, 7) is 10.1. The molecule has 8 heteroatoms. The number of likely N-dealkylation sites (N-methyl/N-ethyl adjacent to an activating group) is 1. The molecule has 0 saturated carbocycles. The number of carbonyl (C=O) groups is 1. The Kier molecular flexibility index (Phi) is 9.43. The topological polar surface area (TPSA) is 87.2 Å². The smallest absolute Gasteiger partial charge is 0.233 e. The van der Waals surface area contributed by atoms with Crippen molar-refractivity contribution in [3.05, 3.63) is 23.8 Å². The van der Waals surface area contributed by atoms with Crippen molar-refractivity contribution >= 4 is 11.9 Å². The highest BCUT2D eigenvalue weighted by Gasteiger charge is 2.24. The minimum absolute atomic E-state index is 0.0682. The molecule has 1 saturated heterocycles. The van der Waals surface area contributed by atoms with Crippen molar-refractivity contribution in [1.82, 2.24) is 20.9 Å². The van der Waals surface area contributed by atoms with Gasteiger partial charge < -0.3 is 25.4 Å². The summed E-state index contributed by atoms with van der Waals surface area (Å²) in [6, 6.07) is 6.38. The van der Waals surface area contributed by atoms with Crippen LogP contribution in [0.1, 0.15) is 39.2 Å². The van der Waals surface area contributed by atoms with Gasteiger partial charge in [0.2, 0.25) is 5.91 Å². The molecule has 0 aromatic heterocycles. The van der Waals surface area contributed by atoms with E-state index in [0.29, 0.717) is 19.1 Å². The number of guanidine groups is 1. The number of benzene rings is 1. The van der Waals surface area contributed by atoms with Crippen molar-refractivity contribution in [3.8, 4) is 11.5 Å². The second kappa shape index (κ2) is 11.8. The monoisotopic (exact) mass is 433 g/mol.